The van der Waals surface area contributed by atoms with E-state index >= 15 is 0 Å². The summed E-state index contributed by atoms with van der Waals surface area (Å²) in [5.41, 5.74) is 4.21. The predicted molar refractivity (Wildman–Crippen MR) is 58.2 cm³/mol. The van der Waals surface area contributed by atoms with Gasteiger partial charge < -0.3 is 10.5 Å². The minimum absolute atomic E-state index is 0.330. The highest BCUT2D eigenvalue weighted by Gasteiger charge is 2.34. The van der Waals surface area contributed by atoms with E-state index in [9.17, 15) is 8.78 Å². The highest BCUT2D eigenvalue weighted by Crippen LogP contribution is 2.33. The molecule has 5 heteroatoms. The number of ether oxygens (including phenoxy) is 1. The van der Waals surface area contributed by atoms with Gasteiger partial charge in [-0.25, -0.2) is 8.78 Å². The molecule has 0 heterocycles. The van der Waals surface area contributed by atoms with Gasteiger partial charge in [-0.2, -0.15) is 0 Å². The van der Waals surface area contributed by atoms with Gasteiger partial charge in [-0.15, -0.1) is 0 Å². The first-order chi connectivity index (χ1) is 6.89. The minimum atomic E-state index is -2.64. The molecular weight excluding hydrogens is 268 g/mol. The van der Waals surface area contributed by atoms with Gasteiger partial charge in [-0.1, -0.05) is 15.9 Å². The van der Waals surface area contributed by atoms with Gasteiger partial charge >= 0.3 is 0 Å². The van der Waals surface area contributed by atoms with Crippen LogP contribution in [0.4, 0.5) is 8.78 Å². The Morgan fingerprint density at radius 2 is 2.07 bits per heavy atom. The minimum Gasteiger partial charge on any atom is -0.497 e. The summed E-state index contributed by atoms with van der Waals surface area (Å²) in [6, 6.07) is 4.83. The molecule has 0 amide bonds. The van der Waals surface area contributed by atoms with Crippen LogP contribution >= 0.6 is 15.9 Å². The number of benzene rings is 1. The normalized spacial score (nSPS) is 15.1. The summed E-state index contributed by atoms with van der Waals surface area (Å²) in [4.78, 5) is 0. The van der Waals surface area contributed by atoms with Crippen molar-refractivity contribution in [1.82, 2.24) is 0 Å². The van der Waals surface area contributed by atoms with E-state index in [0.29, 0.717) is 15.8 Å². The molecule has 2 N–H and O–H groups in total. The maximum Gasteiger partial charge on any atom is 0.260 e. The number of hydrogen-bond donors (Lipinski definition) is 1. The molecule has 0 saturated heterocycles. The highest BCUT2D eigenvalue weighted by molar-refractivity contribution is 9.10. The molecule has 0 aliphatic rings. The second-order valence-corrected chi connectivity index (χ2v) is 4.28. The zero-order valence-corrected chi connectivity index (χ0v) is 10.0. The lowest BCUT2D eigenvalue weighted by Gasteiger charge is -2.25. The molecule has 0 bridgehead atoms. The zero-order valence-electron chi connectivity index (χ0n) is 8.43. The van der Waals surface area contributed by atoms with E-state index < -0.39 is 12.0 Å². The van der Waals surface area contributed by atoms with Crippen molar-refractivity contribution in [3.05, 3.63) is 28.2 Å². The molecule has 84 valence electrons. The zero-order chi connectivity index (χ0) is 11.6. The van der Waals surface area contributed by atoms with Crippen LogP contribution in [0.5, 0.6) is 5.75 Å². The quantitative estimate of drug-likeness (QED) is 0.924. The molecule has 0 aliphatic heterocycles. The molecule has 15 heavy (non-hydrogen) atoms. The molecule has 1 aromatic rings. The third-order valence-corrected chi connectivity index (χ3v) is 2.90. The molecular formula is C10H12BrF2NO. The first-order valence-corrected chi connectivity index (χ1v) is 5.10. The van der Waals surface area contributed by atoms with E-state index in [0.717, 1.165) is 0 Å². The number of nitrogens with two attached hydrogens (primary N) is 1. The van der Waals surface area contributed by atoms with Crippen LogP contribution in [0.1, 0.15) is 12.5 Å². The summed E-state index contributed by atoms with van der Waals surface area (Å²) in [7, 11) is 1.48. The monoisotopic (exact) mass is 279 g/mol. The molecule has 1 aromatic carbocycles. The van der Waals surface area contributed by atoms with Crippen molar-refractivity contribution < 1.29 is 13.5 Å². The van der Waals surface area contributed by atoms with Crippen molar-refractivity contribution in [2.75, 3.05) is 7.11 Å². The number of rotatable bonds is 3. The Balaban J connectivity index is 3.23. The Labute approximate surface area is 95.5 Å². The standard InChI is InChI=1S/C10H12BrF2NO/c1-10(14,9(12)13)7-5-6(15-2)3-4-8(7)11/h3-5,9H,14H2,1-2H3. The van der Waals surface area contributed by atoms with Crippen molar-refractivity contribution in [2.45, 2.75) is 18.9 Å². The number of hydrogen-bond acceptors (Lipinski definition) is 2. The molecule has 0 aliphatic carbocycles. The molecule has 0 saturated carbocycles. The van der Waals surface area contributed by atoms with Gasteiger partial charge in [0.05, 0.1) is 7.11 Å². The van der Waals surface area contributed by atoms with Crippen LogP contribution in [0.2, 0.25) is 0 Å². The summed E-state index contributed by atoms with van der Waals surface area (Å²) in [5.74, 6) is 0.505. The molecule has 0 radical (unpaired) electrons. The summed E-state index contributed by atoms with van der Waals surface area (Å²) in [6.45, 7) is 1.29. The van der Waals surface area contributed by atoms with Crippen LogP contribution < -0.4 is 10.5 Å². The van der Waals surface area contributed by atoms with Crippen LogP contribution in [0, 0.1) is 0 Å². The van der Waals surface area contributed by atoms with Crippen molar-refractivity contribution in [1.29, 1.82) is 0 Å². The average Bonchev–Trinajstić information content (AvgIpc) is 2.18. The summed E-state index contributed by atoms with van der Waals surface area (Å²) < 4.78 is 31.0. The summed E-state index contributed by atoms with van der Waals surface area (Å²) >= 11 is 3.19. The van der Waals surface area contributed by atoms with E-state index in [1.807, 2.05) is 0 Å². The van der Waals surface area contributed by atoms with E-state index in [1.54, 1.807) is 12.1 Å². The molecule has 1 atom stereocenters. The topological polar surface area (TPSA) is 35.2 Å². The fourth-order valence-corrected chi connectivity index (χ4v) is 1.84. The Morgan fingerprint density at radius 3 is 2.53 bits per heavy atom. The predicted octanol–water partition coefficient (Wildman–Crippen LogP) is 2.90. The van der Waals surface area contributed by atoms with Crippen molar-refractivity contribution in [3.8, 4) is 5.75 Å². The molecule has 1 rings (SSSR count). The lowest BCUT2D eigenvalue weighted by Crippen LogP contribution is -2.40. The van der Waals surface area contributed by atoms with Gasteiger partial charge in [0.2, 0.25) is 0 Å². The summed E-state index contributed by atoms with van der Waals surface area (Å²) in [5, 5.41) is 0. The second kappa shape index (κ2) is 4.45. The van der Waals surface area contributed by atoms with Gasteiger partial charge in [0.1, 0.15) is 11.3 Å². The molecule has 0 aromatic heterocycles. The maximum atomic E-state index is 12.7. The fraction of sp³-hybridized carbons (Fsp3) is 0.400. The lowest BCUT2D eigenvalue weighted by atomic mass is 9.93. The van der Waals surface area contributed by atoms with Crippen LogP contribution in [0.3, 0.4) is 0 Å². The van der Waals surface area contributed by atoms with E-state index in [4.69, 9.17) is 10.5 Å². The van der Waals surface area contributed by atoms with Gasteiger partial charge in [-0.05, 0) is 30.7 Å². The van der Waals surface area contributed by atoms with Crippen molar-refractivity contribution >= 4 is 15.9 Å². The first kappa shape index (κ1) is 12.4. The van der Waals surface area contributed by atoms with Crippen molar-refractivity contribution in [2.24, 2.45) is 5.73 Å². The average molecular weight is 280 g/mol. The third kappa shape index (κ3) is 2.46. The Morgan fingerprint density at radius 1 is 1.47 bits per heavy atom. The maximum absolute atomic E-state index is 12.7. The second-order valence-electron chi connectivity index (χ2n) is 3.43. The third-order valence-electron chi connectivity index (χ3n) is 2.21. The van der Waals surface area contributed by atoms with E-state index in [2.05, 4.69) is 15.9 Å². The molecule has 2 nitrogen and oxygen atoms in total. The first-order valence-electron chi connectivity index (χ1n) is 4.30. The van der Waals surface area contributed by atoms with Gasteiger partial charge in [0.15, 0.2) is 0 Å². The number of methoxy groups -OCH3 is 1. The van der Waals surface area contributed by atoms with E-state index in [1.165, 1.54) is 20.1 Å². The fourth-order valence-electron chi connectivity index (χ4n) is 1.16. The van der Waals surface area contributed by atoms with Crippen LogP contribution in [0.25, 0.3) is 0 Å². The van der Waals surface area contributed by atoms with Crippen LogP contribution in [0.15, 0.2) is 22.7 Å². The Hall–Kier alpha value is -0.680. The molecule has 0 spiro atoms. The molecule has 0 fully saturated rings. The van der Waals surface area contributed by atoms with Crippen LogP contribution in [-0.4, -0.2) is 13.5 Å². The lowest BCUT2D eigenvalue weighted by molar-refractivity contribution is 0.0620. The van der Waals surface area contributed by atoms with Crippen LogP contribution in [-0.2, 0) is 5.54 Å². The Kier molecular flexibility index (Phi) is 3.67. The number of halogens is 3. The SMILES string of the molecule is COc1ccc(Br)c(C(C)(N)C(F)F)c1. The van der Waals surface area contributed by atoms with Gasteiger partial charge in [0.25, 0.3) is 6.43 Å². The Bertz CT molecular complexity index is 355. The summed E-state index contributed by atoms with van der Waals surface area (Å²) in [6.07, 6.45) is -2.64. The van der Waals surface area contributed by atoms with E-state index in [-0.39, 0.29) is 0 Å². The van der Waals surface area contributed by atoms with Gasteiger partial charge in [-0.3, -0.25) is 0 Å². The highest BCUT2D eigenvalue weighted by atomic mass is 79.9. The smallest absolute Gasteiger partial charge is 0.260 e. The van der Waals surface area contributed by atoms with Gasteiger partial charge in [0, 0.05) is 4.47 Å². The van der Waals surface area contributed by atoms with Crippen molar-refractivity contribution in [3.63, 3.8) is 0 Å². The largest absolute Gasteiger partial charge is 0.497 e. The number of alkyl halides is 2. The molecule has 1 unspecified atom stereocenters.